The van der Waals surface area contributed by atoms with Crippen LogP contribution in [0.2, 0.25) is 0 Å². The van der Waals surface area contributed by atoms with Crippen molar-refractivity contribution < 1.29 is 28.9 Å². The second kappa shape index (κ2) is 11.7. The van der Waals surface area contributed by atoms with Crippen LogP contribution in [0.4, 0.5) is 11.4 Å². The third-order valence-corrected chi connectivity index (χ3v) is 6.48. The predicted molar refractivity (Wildman–Crippen MR) is 146 cm³/mol. The zero-order chi connectivity index (χ0) is 28.1. The molecule has 14 heteroatoms. The summed E-state index contributed by atoms with van der Waals surface area (Å²) in [5, 5.41) is 23.5. The molecule has 3 aromatic carbocycles. The standard InChI is InChI=1S/C25H18N4O8S2/c1-2-36-21-12-15(8-10-20(21)37-19-11-9-17(28(32)33)14-18(19)29(34)35)13-22-24(31)27(25(38)39-22)26-23(30)16-6-4-3-5-7-16/h3-14H,2H2,1H3,(H,26,30). The molecule has 198 valence electrons. The van der Waals surface area contributed by atoms with E-state index in [0.29, 0.717) is 11.1 Å². The summed E-state index contributed by atoms with van der Waals surface area (Å²) in [6.07, 6.45) is 1.55. The number of nitro benzene ring substituents is 2. The Labute approximate surface area is 230 Å². The monoisotopic (exact) mass is 566 g/mol. The maximum absolute atomic E-state index is 12.9. The molecule has 0 unspecified atom stereocenters. The molecule has 1 aliphatic heterocycles. The van der Waals surface area contributed by atoms with Gasteiger partial charge in [0, 0.05) is 11.6 Å². The molecule has 0 radical (unpaired) electrons. The number of hydrogen-bond acceptors (Lipinski definition) is 10. The lowest BCUT2D eigenvalue weighted by atomic mass is 10.1. The second-order valence-corrected chi connectivity index (χ2v) is 9.41. The molecule has 2 amide bonds. The molecule has 0 atom stereocenters. The van der Waals surface area contributed by atoms with Gasteiger partial charge in [-0.15, -0.1) is 0 Å². The molecule has 1 aliphatic rings. The molecule has 1 fully saturated rings. The van der Waals surface area contributed by atoms with E-state index in [9.17, 15) is 29.8 Å². The second-order valence-electron chi connectivity index (χ2n) is 7.73. The minimum absolute atomic E-state index is 0.119. The normalized spacial score (nSPS) is 13.9. The molecule has 39 heavy (non-hydrogen) atoms. The van der Waals surface area contributed by atoms with Gasteiger partial charge in [0.25, 0.3) is 17.5 Å². The Kier molecular flexibility index (Phi) is 8.17. The molecule has 1 N–H and O–H groups in total. The van der Waals surface area contributed by atoms with Crippen LogP contribution >= 0.6 is 24.0 Å². The predicted octanol–water partition coefficient (Wildman–Crippen LogP) is 5.24. The number of nitrogens with one attached hydrogen (secondary N) is 1. The van der Waals surface area contributed by atoms with Crippen molar-refractivity contribution in [3.05, 3.63) is 103 Å². The van der Waals surface area contributed by atoms with Gasteiger partial charge >= 0.3 is 5.69 Å². The van der Waals surface area contributed by atoms with Crippen molar-refractivity contribution in [3.8, 4) is 17.2 Å². The summed E-state index contributed by atoms with van der Waals surface area (Å²) in [4.78, 5) is 46.6. The van der Waals surface area contributed by atoms with Crippen LogP contribution in [-0.2, 0) is 4.79 Å². The van der Waals surface area contributed by atoms with Gasteiger partial charge in [-0.1, -0.05) is 36.0 Å². The number of hydrazine groups is 1. The van der Waals surface area contributed by atoms with Gasteiger partial charge in [0.15, 0.2) is 15.8 Å². The zero-order valence-electron chi connectivity index (χ0n) is 20.1. The van der Waals surface area contributed by atoms with Crippen LogP contribution in [0.1, 0.15) is 22.8 Å². The van der Waals surface area contributed by atoms with Crippen LogP contribution in [-0.4, -0.2) is 37.6 Å². The molecule has 1 heterocycles. The van der Waals surface area contributed by atoms with Crippen molar-refractivity contribution in [2.45, 2.75) is 6.92 Å². The first-order valence-corrected chi connectivity index (χ1v) is 12.4. The summed E-state index contributed by atoms with van der Waals surface area (Å²) >= 11 is 6.27. The lowest BCUT2D eigenvalue weighted by molar-refractivity contribution is -0.394. The van der Waals surface area contributed by atoms with Gasteiger partial charge in [-0.25, -0.2) is 0 Å². The largest absolute Gasteiger partial charge is 0.490 e. The molecule has 12 nitrogen and oxygen atoms in total. The van der Waals surface area contributed by atoms with Crippen molar-refractivity contribution in [1.82, 2.24) is 10.4 Å². The van der Waals surface area contributed by atoms with Crippen molar-refractivity contribution in [2.24, 2.45) is 0 Å². The number of hydrogen-bond donors (Lipinski definition) is 1. The van der Waals surface area contributed by atoms with Crippen LogP contribution in [0.15, 0.2) is 71.6 Å². The third kappa shape index (κ3) is 6.19. The zero-order valence-corrected chi connectivity index (χ0v) is 21.7. The van der Waals surface area contributed by atoms with Gasteiger partial charge in [-0.05, 0) is 61.1 Å². The fraction of sp³-hybridized carbons (Fsp3) is 0.0800. The van der Waals surface area contributed by atoms with Crippen molar-refractivity contribution in [1.29, 1.82) is 0 Å². The smallest absolute Gasteiger partial charge is 0.318 e. The Bertz CT molecular complexity index is 1530. The first kappa shape index (κ1) is 27.2. The van der Waals surface area contributed by atoms with Crippen molar-refractivity contribution >= 4 is 57.6 Å². The van der Waals surface area contributed by atoms with E-state index in [1.807, 2.05) is 0 Å². The molecule has 0 bridgehead atoms. The number of ether oxygens (including phenoxy) is 2. The maximum Gasteiger partial charge on any atom is 0.318 e. The summed E-state index contributed by atoms with van der Waals surface area (Å²) in [6, 6.07) is 16.0. The minimum atomic E-state index is -0.782. The van der Waals surface area contributed by atoms with Crippen LogP contribution in [0, 0.1) is 20.2 Å². The van der Waals surface area contributed by atoms with Crippen molar-refractivity contribution in [3.63, 3.8) is 0 Å². The average molecular weight is 567 g/mol. The van der Waals surface area contributed by atoms with Gasteiger partial charge in [-0.3, -0.25) is 35.2 Å². The van der Waals surface area contributed by atoms with E-state index in [0.717, 1.165) is 35.0 Å². The summed E-state index contributed by atoms with van der Waals surface area (Å²) < 4.78 is 11.5. The Hall–Kier alpha value is -4.82. The van der Waals surface area contributed by atoms with Gasteiger partial charge in [-0.2, -0.15) is 5.01 Å². The Morgan fingerprint density at radius 3 is 2.41 bits per heavy atom. The highest BCUT2D eigenvalue weighted by molar-refractivity contribution is 8.26. The number of amides is 2. The first-order chi connectivity index (χ1) is 18.7. The van der Waals surface area contributed by atoms with Gasteiger partial charge in [0.1, 0.15) is 0 Å². The van der Waals surface area contributed by atoms with E-state index in [4.69, 9.17) is 21.7 Å². The van der Waals surface area contributed by atoms with E-state index >= 15 is 0 Å². The number of carbonyl (C=O) groups is 2. The van der Waals surface area contributed by atoms with Crippen LogP contribution in [0.25, 0.3) is 6.08 Å². The number of nitrogens with zero attached hydrogens (tertiary/aromatic N) is 3. The third-order valence-electron chi connectivity index (χ3n) is 5.18. The molecule has 3 aromatic rings. The summed E-state index contributed by atoms with van der Waals surface area (Å²) in [6.45, 7) is 1.96. The van der Waals surface area contributed by atoms with Gasteiger partial charge in [0.2, 0.25) is 5.75 Å². The van der Waals surface area contributed by atoms with Crippen LogP contribution in [0.5, 0.6) is 17.2 Å². The fourth-order valence-corrected chi connectivity index (χ4v) is 4.58. The van der Waals surface area contributed by atoms with Crippen molar-refractivity contribution in [2.75, 3.05) is 6.61 Å². The summed E-state index contributed by atoms with van der Waals surface area (Å²) in [7, 11) is 0. The number of thioether (sulfide) groups is 1. The highest BCUT2D eigenvalue weighted by Gasteiger charge is 2.34. The number of benzene rings is 3. The molecule has 0 aromatic heterocycles. The molecule has 0 spiro atoms. The van der Waals surface area contributed by atoms with Crippen LogP contribution < -0.4 is 14.9 Å². The molecule has 0 aliphatic carbocycles. The molecule has 1 saturated heterocycles. The molecule has 0 saturated carbocycles. The highest BCUT2D eigenvalue weighted by atomic mass is 32.2. The number of nitro groups is 2. The number of carbonyl (C=O) groups excluding carboxylic acids is 2. The van der Waals surface area contributed by atoms with Crippen LogP contribution in [0.3, 0.4) is 0 Å². The summed E-state index contributed by atoms with van der Waals surface area (Å²) in [5.41, 5.74) is 2.35. The molecule has 4 rings (SSSR count). The molecular formula is C25H18N4O8S2. The SMILES string of the molecule is CCOc1cc(C=C2SC(=S)N(NC(=O)c3ccccc3)C2=O)ccc1Oc1ccc([N+](=O)[O-])cc1[N+](=O)[O-]. The van der Waals surface area contributed by atoms with E-state index in [1.54, 1.807) is 55.5 Å². The van der Waals surface area contributed by atoms with E-state index in [-0.39, 0.29) is 33.1 Å². The first-order valence-electron chi connectivity index (χ1n) is 11.2. The Morgan fingerprint density at radius 1 is 1.03 bits per heavy atom. The van der Waals surface area contributed by atoms with E-state index in [1.165, 1.54) is 6.07 Å². The summed E-state index contributed by atoms with van der Waals surface area (Å²) in [5.74, 6) is -0.891. The number of thiocarbonyl (C=S) groups is 1. The van der Waals surface area contributed by atoms with E-state index in [2.05, 4.69) is 5.43 Å². The topological polar surface area (TPSA) is 154 Å². The number of rotatable bonds is 9. The Morgan fingerprint density at radius 2 is 1.74 bits per heavy atom. The maximum atomic E-state index is 12.9. The Balaban J connectivity index is 1.58. The van der Waals surface area contributed by atoms with E-state index < -0.39 is 33.0 Å². The lowest BCUT2D eigenvalue weighted by Gasteiger charge is -2.15. The fourth-order valence-electron chi connectivity index (χ4n) is 3.40. The lowest BCUT2D eigenvalue weighted by Crippen LogP contribution is -2.44. The van der Waals surface area contributed by atoms with Gasteiger partial charge in [0.05, 0.1) is 27.4 Å². The minimum Gasteiger partial charge on any atom is -0.490 e. The quantitative estimate of drug-likeness (QED) is 0.157. The number of non-ortho nitro benzene ring substituents is 1. The van der Waals surface area contributed by atoms with Gasteiger partial charge < -0.3 is 9.47 Å². The highest BCUT2D eigenvalue weighted by Crippen LogP contribution is 2.39. The average Bonchev–Trinajstić information content (AvgIpc) is 3.17. The molecular weight excluding hydrogens is 548 g/mol.